The highest BCUT2D eigenvalue weighted by atomic mass is 19.1. The van der Waals surface area contributed by atoms with Gasteiger partial charge in [-0.2, -0.15) is 0 Å². The first-order chi connectivity index (χ1) is 19.8. The number of ether oxygens (including phenoxy) is 1. The van der Waals surface area contributed by atoms with Crippen LogP contribution in [-0.4, -0.2) is 71.4 Å². The van der Waals surface area contributed by atoms with E-state index < -0.39 is 77.9 Å². The van der Waals surface area contributed by atoms with Gasteiger partial charge >= 0.3 is 6.09 Å². The minimum Gasteiger partial charge on any atom is -0.447 e. The molecular formula is C31H45FN4O6. The average Bonchev–Trinajstić information content (AvgIpc) is 3.49. The molecule has 0 spiro atoms. The van der Waals surface area contributed by atoms with Gasteiger partial charge in [-0.05, 0) is 57.4 Å². The van der Waals surface area contributed by atoms with Crippen LogP contribution in [-0.2, 0) is 23.9 Å². The number of hydrogen-bond acceptors (Lipinski definition) is 6. The monoisotopic (exact) mass is 588 g/mol. The van der Waals surface area contributed by atoms with Gasteiger partial charge in [0.05, 0.1) is 18.2 Å². The summed E-state index contributed by atoms with van der Waals surface area (Å²) in [5.74, 6) is -4.03. The standard InChI is InChI=1S/C31H45FN4O6/c1-7-11-24(27(37)29(39)33-19(6)20-12-9-8-10-13-20)34-28(38)26-21-14-15-23(32)22(21)16-36(26)30(40)25(17(2)3)35-31(41)42-18(4)5/h8-10,12-13,17-19,21-26H,7,11,14-16H2,1-6H3,(H,33,39)(H,34,38)(H,35,41)/t19-,21-,22-,23-,24+,25-,26-/m0/s1. The number of likely N-dealkylation sites (tertiary alicyclic amines) is 1. The maximum atomic E-state index is 14.9. The van der Waals surface area contributed by atoms with Crippen molar-refractivity contribution in [3.8, 4) is 0 Å². The molecule has 4 amide bonds. The Morgan fingerprint density at radius 2 is 1.62 bits per heavy atom. The van der Waals surface area contributed by atoms with E-state index in [1.807, 2.05) is 37.3 Å². The molecule has 0 bridgehead atoms. The molecule has 0 unspecified atom stereocenters. The number of amides is 4. The number of alkyl halides is 1. The lowest BCUT2D eigenvalue weighted by atomic mass is 9.92. The molecule has 3 N–H and O–H groups in total. The lowest BCUT2D eigenvalue weighted by molar-refractivity contribution is -0.144. The molecule has 1 heterocycles. The Morgan fingerprint density at radius 3 is 2.21 bits per heavy atom. The summed E-state index contributed by atoms with van der Waals surface area (Å²) in [4.78, 5) is 67.4. The van der Waals surface area contributed by atoms with Crippen LogP contribution in [0.2, 0.25) is 0 Å². The van der Waals surface area contributed by atoms with Crippen LogP contribution in [0.25, 0.3) is 0 Å². The summed E-state index contributed by atoms with van der Waals surface area (Å²) in [5.41, 5.74) is 0.827. The predicted molar refractivity (Wildman–Crippen MR) is 155 cm³/mol. The molecule has 1 aliphatic heterocycles. The molecule has 7 atom stereocenters. The van der Waals surface area contributed by atoms with E-state index in [0.29, 0.717) is 12.8 Å². The molecule has 3 rings (SSSR count). The first-order valence-electron chi connectivity index (χ1n) is 15.0. The number of benzene rings is 1. The van der Waals surface area contributed by atoms with Crippen LogP contribution in [0.5, 0.6) is 0 Å². The third-order valence-corrected chi connectivity index (χ3v) is 8.12. The Morgan fingerprint density at radius 1 is 0.952 bits per heavy atom. The normalized spacial score (nSPS) is 23.6. The largest absolute Gasteiger partial charge is 0.447 e. The second kappa shape index (κ2) is 14.6. The van der Waals surface area contributed by atoms with E-state index in [4.69, 9.17) is 4.74 Å². The van der Waals surface area contributed by atoms with Crippen molar-refractivity contribution in [2.24, 2.45) is 17.8 Å². The molecular weight excluding hydrogens is 543 g/mol. The van der Waals surface area contributed by atoms with Gasteiger partial charge in [0.1, 0.15) is 18.3 Å². The summed E-state index contributed by atoms with van der Waals surface area (Å²) < 4.78 is 20.0. The van der Waals surface area contributed by atoms with Crippen molar-refractivity contribution in [1.29, 1.82) is 0 Å². The van der Waals surface area contributed by atoms with E-state index in [2.05, 4.69) is 16.0 Å². The minimum atomic E-state index is -1.17. The summed E-state index contributed by atoms with van der Waals surface area (Å²) >= 11 is 0. The van der Waals surface area contributed by atoms with Gasteiger partial charge in [-0.25, -0.2) is 9.18 Å². The van der Waals surface area contributed by atoms with E-state index in [1.54, 1.807) is 34.6 Å². The number of halogens is 1. The number of carbonyl (C=O) groups is 5. The molecule has 1 aromatic carbocycles. The molecule has 11 heteroatoms. The molecule has 0 aromatic heterocycles. The van der Waals surface area contributed by atoms with Gasteiger partial charge in [-0.1, -0.05) is 57.5 Å². The summed E-state index contributed by atoms with van der Waals surface area (Å²) in [6.45, 7) is 10.5. The molecule has 232 valence electrons. The van der Waals surface area contributed by atoms with Crippen molar-refractivity contribution >= 4 is 29.6 Å². The van der Waals surface area contributed by atoms with Crippen molar-refractivity contribution in [3.05, 3.63) is 35.9 Å². The van der Waals surface area contributed by atoms with Crippen molar-refractivity contribution in [3.63, 3.8) is 0 Å². The second-order valence-corrected chi connectivity index (χ2v) is 12.0. The maximum Gasteiger partial charge on any atom is 0.408 e. The van der Waals surface area contributed by atoms with E-state index in [9.17, 15) is 28.4 Å². The molecule has 0 radical (unpaired) electrons. The number of nitrogens with one attached hydrogen (secondary N) is 3. The van der Waals surface area contributed by atoms with Crippen molar-refractivity contribution in [1.82, 2.24) is 20.9 Å². The van der Waals surface area contributed by atoms with Crippen LogP contribution in [0.4, 0.5) is 9.18 Å². The highest BCUT2D eigenvalue weighted by molar-refractivity contribution is 6.38. The van der Waals surface area contributed by atoms with E-state index in [0.717, 1.165) is 5.56 Å². The summed E-state index contributed by atoms with van der Waals surface area (Å²) in [5, 5.41) is 8.03. The van der Waals surface area contributed by atoms with Crippen molar-refractivity contribution in [2.75, 3.05) is 6.54 Å². The lowest BCUT2D eigenvalue weighted by Gasteiger charge is -2.32. The van der Waals surface area contributed by atoms with E-state index in [1.165, 1.54) is 4.90 Å². The van der Waals surface area contributed by atoms with Crippen LogP contribution < -0.4 is 16.0 Å². The van der Waals surface area contributed by atoms with Crippen molar-refractivity contribution in [2.45, 2.75) is 104 Å². The number of fused-ring (bicyclic) bond motifs is 1. The van der Waals surface area contributed by atoms with Crippen LogP contribution in [0.1, 0.15) is 78.8 Å². The summed E-state index contributed by atoms with van der Waals surface area (Å²) in [6, 6.07) is 5.63. The fourth-order valence-corrected chi connectivity index (χ4v) is 5.96. The first kappa shape index (κ1) is 33.0. The topological polar surface area (TPSA) is 134 Å². The Bertz CT molecular complexity index is 1130. The molecule has 2 aliphatic rings. The van der Waals surface area contributed by atoms with Gasteiger partial charge in [-0.15, -0.1) is 0 Å². The summed E-state index contributed by atoms with van der Waals surface area (Å²) in [6.07, 6.45) is -0.903. The number of hydrogen-bond donors (Lipinski definition) is 3. The number of rotatable bonds is 12. The van der Waals surface area contributed by atoms with Gasteiger partial charge < -0.3 is 25.6 Å². The van der Waals surface area contributed by atoms with Crippen LogP contribution >= 0.6 is 0 Å². The van der Waals surface area contributed by atoms with Gasteiger partial charge in [0.15, 0.2) is 0 Å². The molecule has 1 aliphatic carbocycles. The van der Waals surface area contributed by atoms with Gasteiger partial charge in [-0.3, -0.25) is 19.2 Å². The number of ketones is 1. The molecule has 1 saturated carbocycles. The Balaban J connectivity index is 1.79. The lowest BCUT2D eigenvalue weighted by Crippen LogP contribution is -2.58. The Hall–Kier alpha value is -3.50. The first-order valence-corrected chi connectivity index (χ1v) is 15.0. The third-order valence-electron chi connectivity index (χ3n) is 8.12. The van der Waals surface area contributed by atoms with Gasteiger partial charge in [0, 0.05) is 12.5 Å². The zero-order chi connectivity index (χ0) is 31.1. The van der Waals surface area contributed by atoms with Crippen LogP contribution in [0.3, 0.4) is 0 Å². The number of nitrogens with zero attached hydrogens (tertiary/aromatic N) is 1. The highest BCUT2D eigenvalue weighted by Crippen LogP contribution is 2.44. The van der Waals surface area contributed by atoms with Crippen molar-refractivity contribution < 1.29 is 33.1 Å². The fourth-order valence-electron chi connectivity index (χ4n) is 5.96. The highest BCUT2D eigenvalue weighted by Gasteiger charge is 2.54. The Kier molecular flexibility index (Phi) is 11.5. The zero-order valence-electron chi connectivity index (χ0n) is 25.4. The average molecular weight is 589 g/mol. The van der Waals surface area contributed by atoms with E-state index in [-0.39, 0.29) is 25.3 Å². The van der Waals surface area contributed by atoms with Gasteiger partial charge in [0.25, 0.3) is 5.91 Å². The SMILES string of the molecule is CCC[C@@H](NC(=O)[C@@H]1[C@H]2CC[C@H](F)[C@H]2CN1C(=O)[C@@H](NC(=O)OC(C)C)C(C)C)C(=O)C(=O)N[C@@H](C)c1ccccc1. The smallest absolute Gasteiger partial charge is 0.408 e. The number of Topliss-reactive ketones (excluding diaryl/α,β-unsaturated/α-hetero) is 1. The fraction of sp³-hybridized carbons (Fsp3) is 0.645. The zero-order valence-corrected chi connectivity index (χ0v) is 25.4. The Labute approximate surface area is 247 Å². The second-order valence-electron chi connectivity index (χ2n) is 12.0. The quantitative estimate of drug-likeness (QED) is 0.320. The maximum absolute atomic E-state index is 14.9. The van der Waals surface area contributed by atoms with Gasteiger partial charge in [0.2, 0.25) is 17.6 Å². The van der Waals surface area contributed by atoms with E-state index >= 15 is 0 Å². The molecule has 2 fully saturated rings. The minimum absolute atomic E-state index is 0.0222. The number of alkyl carbamates (subject to hydrolysis) is 1. The molecule has 1 saturated heterocycles. The predicted octanol–water partition coefficient (Wildman–Crippen LogP) is 3.45. The summed E-state index contributed by atoms with van der Waals surface area (Å²) in [7, 11) is 0. The van der Waals surface area contributed by atoms with Crippen LogP contribution in [0, 0.1) is 17.8 Å². The molecule has 42 heavy (non-hydrogen) atoms. The molecule has 10 nitrogen and oxygen atoms in total. The number of carbonyl (C=O) groups excluding carboxylic acids is 5. The third kappa shape index (κ3) is 7.86. The molecule has 1 aromatic rings. The van der Waals surface area contributed by atoms with Crippen LogP contribution in [0.15, 0.2) is 30.3 Å².